The van der Waals surface area contributed by atoms with Gasteiger partial charge in [-0.2, -0.15) is 0 Å². The molecule has 2 unspecified atom stereocenters. The lowest BCUT2D eigenvalue weighted by atomic mass is 9.81. The third kappa shape index (κ3) is 4.21. The Kier molecular flexibility index (Phi) is 6.07. The summed E-state index contributed by atoms with van der Waals surface area (Å²) in [5.74, 6) is 0.850. The maximum Gasteiger partial charge on any atom is 0.307 e. The molecule has 0 radical (unpaired) electrons. The second-order valence-electron chi connectivity index (χ2n) is 6.54. The number of hydrogen-bond acceptors (Lipinski definition) is 3. The molecule has 4 nitrogen and oxygen atoms in total. The zero-order chi connectivity index (χ0) is 15.2. The summed E-state index contributed by atoms with van der Waals surface area (Å²) in [6.07, 6.45) is 8.29. The summed E-state index contributed by atoms with van der Waals surface area (Å²) < 4.78 is 5.01. The Balaban J connectivity index is 1.98. The van der Waals surface area contributed by atoms with Gasteiger partial charge in [0.2, 0.25) is 5.91 Å². The molecule has 0 bridgehead atoms. The lowest BCUT2D eigenvalue weighted by Gasteiger charge is -2.41. The average molecular weight is 295 g/mol. The van der Waals surface area contributed by atoms with Crippen LogP contribution in [0.25, 0.3) is 0 Å². The summed E-state index contributed by atoms with van der Waals surface area (Å²) >= 11 is 0. The minimum Gasteiger partial charge on any atom is -0.466 e. The molecule has 0 saturated heterocycles. The number of carbonyl (C=O) groups excluding carboxylic acids is 2. The first kappa shape index (κ1) is 16.3. The number of amides is 1. The Hall–Kier alpha value is -1.06. The summed E-state index contributed by atoms with van der Waals surface area (Å²) in [5.41, 5.74) is 0. The van der Waals surface area contributed by atoms with Crippen LogP contribution in [0.3, 0.4) is 0 Å². The first-order valence-corrected chi connectivity index (χ1v) is 8.59. The fourth-order valence-corrected chi connectivity index (χ4v) is 3.53. The van der Waals surface area contributed by atoms with Crippen molar-refractivity contribution in [1.29, 1.82) is 0 Å². The highest BCUT2D eigenvalue weighted by atomic mass is 16.5. The van der Waals surface area contributed by atoms with E-state index < -0.39 is 0 Å². The second kappa shape index (κ2) is 7.81. The second-order valence-corrected chi connectivity index (χ2v) is 6.54. The van der Waals surface area contributed by atoms with Crippen LogP contribution in [-0.2, 0) is 14.3 Å². The van der Waals surface area contributed by atoms with Crippen LogP contribution < -0.4 is 0 Å². The molecule has 120 valence electrons. The number of ether oxygens (including phenoxy) is 1. The van der Waals surface area contributed by atoms with E-state index in [2.05, 4.69) is 6.92 Å². The van der Waals surface area contributed by atoms with Gasteiger partial charge in [0, 0.05) is 18.5 Å². The zero-order valence-corrected chi connectivity index (χ0v) is 13.5. The van der Waals surface area contributed by atoms with E-state index in [1.54, 1.807) is 0 Å². The third-order valence-electron chi connectivity index (χ3n) is 5.07. The van der Waals surface area contributed by atoms with E-state index >= 15 is 0 Å². The molecule has 21 heavy (non-hydrogen) atoms. The van der Waals surface area contributed by atoms with Gasteiger partial charge in [-0.1, -0.05) is 26.2 Å². The maximum absolute atomic E-state index is 12.7. The molecule has 0 aromatic heterocycles. The molecule has 2 fully saturated rings. The average Bonchev–Trinajstić information content (AvgIpc) is 2.39. The van der Waals surface area contributed by atoms with Crippen molar-refractivity contribution in [2.24, 2.45) is 11.8 Å². The van der Waals surface area contributed by atoms with E-state index in [4.69, 9.17) is 4.74 Å². The predicted molar refractivity (Wildman–Crippen MR) is 81.7 cm³/mol. The van der Waals surface area contributed by atoms with E-state index in [1.165, 1.54) is 25.7 Å². The summed E-state index contributed by atoms with van der Waals surface area (Å²) in [5, 5.41) is 0. The van der Waals surface area contributed by atoms with Crippen LogP contribution >= 0.6 is 0 Å². The smallest absolute Gasteiger partial charge is 0.307 e. The SMILES string of the molecule is CCOC(=O)CCN(C(=O)C1CCC1)C1CCCCC1C. The lowest BCUT2D eigenvalue weighted by molar-refractivity contribution is -0.147. The zero-order valence-electron chi connectivity index (χ0n) is 13.5. The lowest BCUT2D eigenvalue weighted by Crippen LogP contribution is -2.49. The molecule has 2 aliphatic carbocycles. The van der Waals surface area contributed by atoms with Gasteiger partial charge >= 0.3 is 5.97 Å². The van der Waals surface area contributed by atoms with Crippen molar-refractivity contribution >= 4 is 11.9 Å². The molecule has 4 heteroatoms. The topological polar surface area (TPSA) is 46.6 Å². The number of rotatable bonds is 6. The van der Waals surface area contributed by atoms with E-state index in [0.717, 1.165) is 19.3 Å². The predicted octanol–water partition coefficient (Wildman–Crippen LogP) is 3.15. The van der Waals surface area contributed by atoms with Crippen molar-refractivity contribution in [3.8, 4) is 0 Å². The quantitative estimate of drug-likeness (QED) is 0.707. The highest BCUT2D eigenvalue weighted by molar-refractivity contribution is 5.80. The Morgan fingerprint density at radius 2 is 1.81 bits per heavy atom. The summed E-state index contributed by atoms with van der Waals surface area (Å²) in [7, 11) is 0. The number of carbonyl (C=O) groups is 2. The Bertz CT molecular complexity index is 365. The van der Waals surface area contributed by atoms with Gasteiger partial charge in [0.25, 0.3) is 0 Å². The molecule has 0 aromatic rings. The monoisotopic (exact) mass is 295 g/mol. The van der Waals surface area contributed by atoms with Crippen LogP contribution in [0.1, 0.15) is 65.2 Å². The molecular weight excluding hydrogens is 266 g/mol. The molecular formula is C17H29NO3. The molecule has 0 N–H and O–H groups in total. The number of nitrogens with zero attached hydrogens (tertiary/aromatic N) is 1. The normalized spacial score (nSPS) is 26.0. The van der Waals surface area contributed by atoms with E-state index in [9.17, 15) is 9.59 Å². The van der Waals surface area contributed by atoms with Gasteiger partial charge in [-0.05, 0) is 38.5 Å². The van der Waals surface area contributed by atoms with Gasteiger partial charge in [0.15, 0.2) is 0 Å². The largest absolute Gasteiger partial charge is 0.466 e. The molecule has 0 aromatic carbocycles. The van der Waals surface area contributed by atoms with Crippen molar-refractivity contribution in [2.75, 3.05) is 13.2 Å². The molecule has 0 heterocycles. The highest BCUT2D eigenvalue weighted by Crippen LogP contribution is 2.33. The van der Waals surface area contributed by atoms with Gasteiger partial charge in [-0.15, -0.1) is 0 Å². The van der Waals surface area contributed by atoms with Gasteiger partial charge < -0.3 is 9.64 Å². The van der Waals surface area contributed by atoms with Crippen LogP contribution in [-0.4, -0.2) is 36.0 Å². The summed E-state index contributed by atoms with van der Waals surface area (Å²) in [6.45, 7) is 5.01. The van der Waals surface area contributed by atoms with E-state index in [-0.39, 0.29) is 17.8 Å². The van der Waals surface area contributed by atoms with Crippen LogP contribution in [0.15, 0.2) is 0 Å². The summed E-state index contributed by atoms with van der Waals surface area (Å²) in [4.78, 5) is 26.4. The van der Waals surface area contributed by atoms with Crippen molar-refractivity contribution in [1.82, 2.24) is 4.90 Å². The first-order chi connectivity index (χ1) is 10.1. The van der Waals surface area contributed by atoms with Crippen molar-refractivity contribution in [3.05, 3.63) is 0 Å². The van der Waals surface area contributed by atoms with Crippen molar-refractivity contribution in [2.45, 2.75) is 71.3 Å². The van der Waals surface area contributed by atoms with Crippen LogP contribution in [0, 0.1) is 11.8 Å². The van der Waals surface area contributed by atoms with Crippen LogP contribution in [0.4, 0.5) is 0 Å². The number of esters is 1. The minimum absolute atomic E-state index is 0.188. The van der Waals surface area contributed by atoms with E-state index in [0.29, 0.717) is 31.5 Å². The third-order valence-corrected chi connectivity index (χ3v) is 5.07. The van der Waals surface area contributed by atoms with Gasteiger partial charge in [-0.25, -0.2) is 0 Å². The first-order valence-electron chi connectivity index (χ1n) is 8.59. The Labute approximate surface area is 128 Å². The molecule has 2 rings (SSSR count). The summed E-state index contributed by atoms with van der Waals surface area (Å²) in [6, 6.07) is 0.321. The van der Waals surface area contributed by atoms with Crippen LogP contribution in [0.5, 0.6) is 0 Å². The number of hydrogen-bond donors (Lipinski definition) is 0. The highest BCUT2D eigenvalue weighted by Gasteiger charge is 2.36. The van der Waals surface area contributed by atoms with Crippen LogP contribution in [0.2, 0.25) is 0 Å². The molecule has 0 aliphatic heterocycles. The van der Waals surface area contributed by atoms with Gasteiger partial charge in [-0.3, -0.25) is 9.59 Å². The maximum atomic E-state index is 12.7. The molecule has 2 aliphatic rings. The molecule has 2 saturated carbocycles. The molecule has 0 spiro atoms. The van der Waals surface area contributed by atoms with E-state index in [1.807, 2.05) is 11.8 Å². The van der Waals surface area contributed by atoms with Gasteiger partial charge in [0.1, 0.15) is 0 Å². The Morgan fingerprint density at radius 1 is 1.10 bits per heavy atom. The Morgan fingerprint density at radius 3 is 2.38 bits per heavy atom. The van der Waals surface area contributed by atoms with Gasteiger partial charge in [0.05, 0.1) is 13.0 Å². The van der Waals surface area contributed by atoms with Crippen molar-refractivity contribution < 1.29 is 14.3 Å². The van der Waals surface area contributed by atoms with Crippen molar-refractivity contribution in [3.63, 3.8) is 0 Å². The minimum atomic E-state index is -0.188. The fraction of sp³-hybridized carbons (Fsp3) is 0.882. The standard InChI is InChI=1S/C17H29NO3/c1-3-21-16(19)11-12-18(17(20)14-8-6-9-14)15-10-5-4-7-13(15)2/h13-15H,3-12H2,1-2H3. The molecule has 1 amide bonds. The molecule has 2 atom stereocenters. The fourth-order valence-electron chi connectivity index (χ4n) is 3.53.